The maximum atomic E-state index is 12.6. The monoisotopic (exact) mass is 362 g/mol. The Balaban J connectivity index is 2.43. The van der Waals surface area contributed by atoms with Gasteiger partial charge in [-0.2, -0.15) is 0 Å². The van der Waals surface area contributed by atoms with Crippen molar-refractivity contribution in [3.05, 3.63) is 38.7 Å². The minimum absolute atomic E-state index is 0.0722. The predicted octanol–water partition coefficient (Wildman–Crippen LogP) is 3.51. The molecule has 0 amide bonds. The van der Waals surface area contributed by atoms with Crippen molar-refractivity contribution in [3.63, 3.8) is 0 Å². The smallest absolute Gasteiger partial charge is 0.298 e. The van der Waals surface area contributed by atoms with E-state index in [9.17, 15) is 24.8 Å². The number of hydrogen-bond donors (Lipinski definition) is 1. The number of nitrogens with zero attached hydrogens (tertiary/aromatic N) is 2. The summed E-state index contributed by atoms with van der Waals surface area (Å²) in [7, 11) is 0. The van der Waals surface area contributed by atoms with E-state index in [0.29, 0.717) is 13.0 Å². The van der Waals surface area contributed by atoms with Gasteiger partial charge in [0, 0.05) is 24.1 Å². The second-order valence-corrected chi connectivity index (χ2v) is 6.07. The van der Waals surface area contributed by atoms with Crippen LogP contribution in [0.25, 0.3) is 10.9 Å². The minimum atomic E-state index is -0.684. The quantitative estimate of drug-likeness (QED) is 0.299. The summed E-state index contributed by atoms with van der Waals surface area (Å²) in [6.07, 6.45) is 6.06. The first kappa shape index (κ1) is 19.4. The molecule has 0 atom stereocenters. The van der Waals surface area contributed by atoms with Gasteiger partial charge in [-0.3, -0.25) is 19.7 Å². The van der Waals surface area contributed by atoms with Crippen LogP contribution in [0.1, 0.15) is 45.4 Å². The van der Waals surface area contributed by atoms with E-state index in [1.54, 1.807) is 0 Å². The van der Waals surface area contributed by atoms with Crippen molar-refractivity contribution in [2.24, 2.45) is 0 Å². The molecule has 0 aliphatic rings. The molecule has 8 heteroatoms. The van der Waals surface area contributed by atoms with Gasteiger partial charge in [-0.1, -0.05) is 39.0 Å². The summed E-state index contributed by atoms with van der Waals surface area (Å²) in [5.74, 6) is -0.960. The second kappa shape index (κ2) is 8.98. The van der Waals surface area contributed by atoms with Gasteiger partial charge in [-0.15, -0.1) is 0 Å². The van der Waals surface area contributed by atoms with E-state index in [-0.39, 0.29) is 23.1 Å². The summed E-state index contributed by atoms with van der Waals surface area (Å²) in [6, 6.07) is 3.82. The van der Waals surface area contributed by atoms with Gasteiger partial charge in [0.2, 0.25) is 5.75 Å². The Hall–Kier alpha value is -2.90. The number of nitro benzene ring substituents is 1. The van der Waals surface area contributed by atoms with Gasteiger partial charge in [0.1, 0.15) is 0 Å². The maximum Gasteiger partial charge on any atom is 0.298 e. The molecule has 0 bridgehead atoms. The molecule has 1 aromatic carbocycles. The van der Waals surface area contributed by atoms with Crippen LogP contribution in [-0.2, 0) is 11.3 Å². The molecule has 1 N–H and O–H groups in total. The molecule has 8 nitrogen and oxygen atoms in total. The van der Waals surface area contributed by atoms with Gasteiger partial charge in [0.05, 0.1) is 10.4 Å². The molecule has 0 aliphatic carbocycles. The van der Waals surface area contributed by atoms with Gasteiger partial charge in [0.15, 0.2) is 5.75 Å². The van der Waals surface area contributed by atoms with Crippen LogP contribution in [-0.4, -0.2) is 21.1 Å². The molecule has 0 fully saturated rings. The number of hydrogen-bond acceptors (Lipinski definition) is 6. The van der Waals surface area contributed by atoms with Crippen LogP contribution in [0, 0.1) is 10.1 Å². The number of pyridine rings is 1. The van der Waals surface area contributed by atoms with E-state index in [0.717, 1.165) is 32.1 Å². The Labute approximate surface area is 150 Å². The van der Waals surface area contributed by atoms with Crippen LogP contribution in [0.15, 0.2) is 23.0 Å². The fourth-order valence-electron chi connectivity index (χ4n) is 2.94. The number of aryl methyl sites for hydroxylation is 1. The Morgan fingerprint density at radius 3 is 2.58 bits per heavy atom. The summed E-state index contributed by atoms with van der Waals surface area (Å²) >= 11 is 0. The van der Waals surface area contributed by atoms with E-state index in [1.807, 2.05) is 0 Å². The van der Waals surface area contributed by atoms with E-state index >= 15 is 0 Å². The maximum absolute atomic E-state index is 12.6. The molecule has 0 saturated heterocycles. The van der Waals surface area contributed by atoms with E-state index < -0.39 is 22.0 Å². The zero-order valence-electron chi connectivity index (χ0n) is 14.6. The van der Waals surface area contributed by atoms with Crippen molar-refractivity contribution in [2.75, 3.05) is 0 Å². The molecule has 1 aromatic heterocycles. The fourth-order valence-corrected chi connectivity index (χ4v) is 2.94. The topological polar surface area (TPSA) is 112 Å². The highest BCUT2D eigenvalue weighted by Gasteiger charge is 2.20. The number of fused-ring (bicyclic) bond motifs is 1. The lowest BCUT2D eigenvalue weighted by atomic mass is 10.1. The van der Waals surface area contributed by atoms with Crippen LogP contribution in [0.5, 0.6) is 11.5 Å². The molecular formula is C18H22N2O6. The number of benzene rings is 1. The third kappa shape index (κ3) is 4.19. The number of carbonyl (C=O) groups is 1. The Morgan fingerprint density at radius 1 is 1.23 bits per heavy atom. The zero-order chi connectivity index (χ0) is 19.1. The Morgan fingerprint density at radius 2 is 1.92 bits per heavy atom. The number of aromatic hydroxyl groups is 1. The van der Waals surface area contributed by atoms with Crippen molar-refractivity contribution in [1.82, 2.24) is 4.57 Å². The van der Waals surface area contributed by atoms with Gasteiger partial charge in [-0.25, -0.2) is 0 Å². The average Bonchev–Trinajstić information content (AvgIpc) is 2.63. The Bertz CT molecular complexity index is 859. The van der Waals surface area contributed by atoms with Gasteiger partial charge < -0.3 is 14.4 Å². The highest BCUT2D eigenvalue weighted by Crippen LogP contribution is 2.33. The molecule has 0 spiro atoms. The fraction of sp³-hybridized carbons (Fsp3) is 0.444. The van der Waals surface area contributed by atoms with Gasteiger partial charge in [-0.05, 0) is 12.5 Å². The summed E-state index contributed by atoms with van der Waals surface area (Å²) in [4.78, 5) is 33.7. The SMILES string of the molecule is CCCCCCCCn1c(=O)c(OC=O)c(O)c2ccc([N+](=O)[O-])cc21. The highest BCUT2D eigenvalue weighted by molar-refractivity contribution is 5.89. The lowest BCUT2D eigenvalue weighted by Crippen LogP contribution is -2.22. The van der Waals surface area contributed by atoms with Crippen LogP contribution >= 0.6 is 0 Å². The van der Waals surface area contributed by atoms with E-state index in [2.05, 4.69) is 11.7 Å². The number of rotatable bonds is 10. The molecule has 2 rings (SSSR count). The third-order valence-electron chi connectivity index (χ3n) is 4.29. The average molecular weight is 362 g/mol. The molecule has 0 radical (unpaired) electrons. The molecular weight excluding hydrogens is 340 g/mol. The van der Waals surface area contributed by atoms with Crippen LogP contribution < -0.4 is 10.3 Å². The highest BCUT2D eigenvalue weighted by atomic mass is 16.6. The molecule has 26 heavy (non-hydrogen) atoms. The van der Waals surface area contributed by atoms with E-state index in [4.69, 9.17) is 0 Å². The minimum Gasteiger partial charge on any atom is -0.504 e. The normalized spacial score (nSPS) is 10.8. The van der Waals surface area contributed by atoms with Crippen molar-refractivity contribution in [1.29, 1.82) is 0 Å². The van der Waals surface area contributed by atoms with Gasteiger partial charge in [0.25, 0.3) is 17.7 Å². The second-order valence-electron chi connectivity index (χ2n) is 6.07. The zero-order valence-corrected chi connectivity index (χ0v) is 14.6. The van der Waals surface area contributed by atoms with Crippen molar-refractivity contribution >= 4 is 23.1 Å². The van der Waals surface area contributed by atoms with Crippen LogP contribution in [0.2, 0.25) is 0 Å². The van der Waals surface area contributed by atoms with Crippen molar-refractivity contribution < 1.29 is 19.6 Å². The first-order valence-corrected chi connectivity index (χ1v) is 8.65. The lowest BCUT2D eigenvalue weighted by molar-refractivity contribution is -0.384. The summed E-state index contributed by atoms with van der Waals surface area (Å²) in [6.45, 7) is 2.52. The molecule has 0 aliphatic heterocycles. The summed E-state index contributed by atoms with van der Waals surface area (Å²) in [5.41, 5.74) is -0.623. The van der Waals surface area contributed by atoms with Crippen molar-refractivity contribution in [2.45, 2.75) is 52.0 Å². The molecule has 1 heterocycles. The first-order chi connectivity index (χ1) is 12.5. The Kier molecular flexibility index (Phi) is 6.71. The van der Waals surface area contributed by atoms with Gasteiger partial charge >= 0.3 is 0 Å². The molecule has 140 valence electrons. The molecule has 2 aromatic rings. The number of aromatic nitrogens is 1. The largest absolute Gasteiger partial charge is 0.504 e. The molecule has 0 unspecified atom stereocenters. The molecule has 0 saturated carbocycles. The van der Waals surface area contributed by atoms with E-state index in [1.165, 1.54) is 22.8 Å². The standard InChI is InChI=1S/C18H22N2O6/c1-2-3-4-5-6-7-10-19-15-11-13(20(24)25)8-9-14(15)16(22)17(18(19)23)26-12-21/h8-9,11-12,22H,2-7,10H2,1H3. The summed E-state index contributed by atoms with van der Waals surface area (Å²) in [5, 5.41) is 21.5. The first-order valence-electron chi connectivity index (χ1n) is 8.65. The number of ether oxygens (including phenoxy) is 1. The third-order valence-corrected chi connectivity index (χ3v) is 4.29. The van der Waals surface area contributed by atoms with Crippen LogP contribution in [0.3, 0.4) is 0 Å². The number of carbonyl (C=O) groups excluding carboxylic acids is 1. The number of non-ortho nitro benzene ring substituents is 1. The summed E-state index contributed by atoms with van der Waals surface area (Å²) < 4.78 is 5.98. The lowest BCUT2D eigenvalue weighted by Gasteiger charge is -2.13. The predicted molar refractivity (Wildman–Crippen MR) is 96.6 cm³/mol. The van der Waals surface area contributed by atoms with Crippen LogP contribution in [0.4, 0.5) is 5.69 Å². The number of nitro groups is 1. The number of unbranched alkanes of at least 4 members (excludes halogenated alkanes) is 5. The van der Waals surface area contributed by atoms with Crippen molar-refractivity contribution in [3.8, 4) is 11.5 Å².